The molecule has 3 aromatic rings. The number of amides is 2. The molecule has 0 atom stereocenters. The summed E-state index contributed by atoms with van der Waals surface area (Å²) >= 11 is 0. The lowest BCUT2D eigenvalue weighted by molar-refractivity contribution is 0.110. The Hall–Kier alpha value is -3.15. The number of nitrogens with one attached hydrogen (secondary N) is 1. The molecule has 144 valence electrons. The van der Waals surface area contributed by atoms with Crippen molar-refractivity contribution in [3.8, 4) is 11.4 Å². The fraction of sp³-hybridized carbons (Fsp3) is 0.273. The van der Waals surface area contributed by atoms with Crippen molar-refractivity contribution in [3.63, 3.8) is 0 Å². The van der Waals surface area contributed by atoms with Crippen LogP contribution in [0, 0.1) is 18.7 Å². The summed E-state index contributed by atoms with van der Waals surface area (Å²) in [4.78, 5) is 18.7. The van der Waals surface area contributed by atoms with Crippen LogP contribution in [0.1, 0.15) is 11.3 Å². The van der Waals surface area contributed by atoms with Gasteiger partial charge in [0.1, 0.15) is 11.6 Å². The maximum atomic E-state index is 12.9. The Morgan fingerprint density at radius 2 is 1.86 bits per heavy atom. The Kier molecular flexibility index (Phi) is 5.10. The Balaban J connectivity index is 1.31. The molecule has 0 spiro atoms. The molecule has 6 heteroatoms. The standard InChI is InChI=1S/C22H23FN4O/c1-16-11-24-21(19-5-3-2-4-6-19)27(16)15-18-13-26(14-18)22(28)25-12-17-7-9-20(23)10-8-17/h2-11,18H,12-15H2,1H3,(H,25,28). The number of urea groups is 1. The van der Waals surface area contributed by atoms with Gasteiger partial charge >= 0.3 is 6.03 Å². The molecule has 0 unspecified atom stereocenters. The number of rotatable bonds is 5. The lowest BCUT2D eigenvalue weighted by Gasteiger charge is -2.39. The zero-order valence-corrected chi connectivity index (χ0v) is 15.8. The first kappa shape index (κ1) is 18.2. The minimum absolute atomic E-state index is 0.0776. The number of carbonyl (C=O) groups excluding carboxylic acids is 1. The van der Waals surface area contributed by atoms with E-state index in [0.717, 1.165) is 42.3 Å². The predicted molar refractivity (Wildman–Crippen MR) is 106 cm³/mol. The van der Waals surface area contributed by atoms with Crippen molar-refractivity contribution >= 4 is 6.03 Å². The molecular weight excluding hydrogens is 355 g/mol. The minimum Gasteiger partial charge on any atom is -0.334 e. The van der Waals surface area contributed by atoms with Crippen LogP contribution in [0.25, 0.3) is 11.4 Å². The zero-order valence-electron chi connectivity index (χ0n) is 15.8. The van der Waals surface area contributed by atoms with E-state index in [9.17, 15) is 9.18 Å². The van der Waals surface area contributed by atoms with Gasteiger partial charge in [-0.15, -0.1) is 0 Å². The van der Waals surface area contributed by atoms with Crippen LogP contribution in [0.5, 0.6) is 0 Å². The van der Waals surface area contributed by atoms with Gasteiger partial charge in [-0.25, -0.2) is 14.2 Å². The average molecular weight is 378 g/mol. The highest BCUT2D eigenvalue weighted by Crippen LogP contribution is 2.24. The van der Waals surface area contributed by atoms with E-state index < -0.39 is 0 Å². The third kappa shape index (κ3) is 3.91. The summed E-state index contributed by atoms with van der Waals surface area (Å²) < 4.78 is 15.2. The van der Waals surface area contributed by atoms with Crippen LogP contribution in [-0.2, 0) is 13.1 Å². The number of hydrogen-bond acceptors (Lipinski definition) is 2. The molecule has 0 aliphatic carbocycles. The van der Waals surface area contributed by atoms with Crippen LogP contribution in [0.15, 0.2) is 60.8 Å². The number of nitrogens with zero attached hydrogens (tertiary/aromatic N) is 3. The van der Waals surface area contributed by atoms with Crippen LogP contribution in [0.2, 0.25) is 0 Å². The smallest absolute Gasteiger partial charge is 0.317 e. The molecule has 0 saturated carbocycles. The van der Waals surface area contributed by atoms with Crippen molar-refractivity contribution in [1.82, 2.24) is 19.8 Å². The fourth-order valence-electron chi connectivity index (χ4n) is 3.51. The van der Waals surface area contributed by atoms with Crippen LogP contribution in [0.3, 0.4) is 0 Å². The first-order valence-corrected chi connectivity index (χ1v) is 9.45. The fourth-order valence-corrected chi connectivity index (χ4v) is 3.51. The Morgan fingerprint density at radius 3 is 2.57 bits per heavy atom. The summed E-state index contributed by atoms with van der Waals surface area (Å²) in [6.45, 7) is 4.75. The first-order chi connectivity index (χ1) is 13.6. The molecule has 1 aliphatic heterocycles. The molecule has 5 nitrogen and oxygen atoms in total. The van der Waals surface area contributed by atoms with E-state index in [4.69, 9.17) is 0 Å². The van der Waals surface area contributed by atoms with E-state index in [1.807, 2.05) is 29.3 Å². The van der Waals surface area contributed by atoms with Crippen molar-refractivity contribution in [1.29, 1.82) is 0 Å². The van der Waals surface area contributed by atoms with E-state index in [0.29, 0.717) is 12.5 Å². The zero-order chi connectivity index (χ0) is 19.5. The number of imidazole rings is 1. The monoisotopic (exact) mass is 378 g/mol. The number of likely N-dealkylation sites (tertiary alicyclic amines) is 1. The highest BCUT2D eigenvalue weighted by atomic mass is 19.1. The summed E-state index contributed by atoms with van der Waals surface area (Å²) in [5, 5.41) is 2.89. The van der Waals surface area contributed by atoms with Crippen LogP contribution < -0.4 is 5.32 Å². The van der Waals surface area contributed by atoms with E-state index >= 15 is 0 Å². The quantitative estimate of drug-likeness (QED) is 0.733. The van der Waals surface area contributed by atoms with Gasteiger partial charge in [-0.05, 0) is 24.6 Å². The third-order valence-corrected chi connectivity index (χ3v) is 5.13. The predicted octanol–water partition coefficient (Wildman–Crippen LogP) is 3.84. The van der Waals surface area contributed by atoms with Gasteiger partial charge in [0.2, 0.25) is 0 Å². The molecule has 0 bridgehead atoms. The summed E-state index contributed by atoms with van der Waals surface area (Å²) in [5.41, 5.74) is 3.11. The number of halogens is 1. The molecule has 0 radical (unpaired) electrons. The molecule has 1 N–H and O–H groups in total. The summed E-state index contributed by atoms with van der Waals surface area (Å²) in [6, 6.07) is 16.2. The van der Waals surface area contributed by atoms with Gasteiger partial charge in [-0.2, -0.15) is 0 Å². The number of aryl methyl sites for hydroxylation is 1. The Morgan fingerprint density at radius 1 is 1.14 bits per heavy atom. The first-order valence-electron chi connectivity index (χ1n) is 9.45. The van der Waals surface area contributed by atoms with Crippen molar-refractivity contribution in [2.45, 2.75) is 20.0 Å². The van der Waals surface area contributed by atoms with E-state index in [1.165, 1.54) is 12.1 Å². The van der Waals surface area contributed by atoms with E-state index in [1.54, 1.807) is 12.1 Å². The molecule has 2 amide bonds. The van der Waals surface area contributed by atoms with E-state index in [-0.39, 0.29) is 11.8 Å². The topological polar surface area (TPSA) is 50.2 Å². The average Bonchev–Trinajstić information content (AvgIpc) is 3.04. The highest BCUT2D eigenvalue weighted by molar-refractivity contribution is 5.75. The van der Waals surface area contributed by atoms with Crippen molar-refractivity contribution in [3.05, 3.63) is 77.9 Å². The number of carbonyl (C=O) groups is 1. The van der Waals surface area contributed by atoms with Crippen LogP contribution in [-0.4, -0.2) is 33.6 Å². The number of aromatic nitrogens is 2. The molecule has 2 aromatic carbocycles. The van der Waals surface area contributed by atoms with Crippen LogP contribution >= 0.6 is 0 Å². The molecule has 1 fully saturated rings. The van der Waals surface area contributed by atoms with Gasteiger partial charge in [0.25, 0.3) is 0 Å². The lowest BCUT2D eigenvalue weighted by Crippen LogP contribution is -2.54. The van der Waals surface area contributed by atoms with Gasteiger partial charge in [-0.3, -0.25) is 0 Å². The summed E-state index contributed by atoms with van der Waals surface area (Å²) in [6.07, 6.45) is 1.90. The van der Waals surface area contributed by atoms with Crippen LogP contribution in [0.4, 0.5) is 9.18 Å². The summed E-state index contributed by atoms with van der Waals surface area (Å²) in [7, 11) is 0. The normalized spacial score (nSPS) is 14.0. The molecular formula is C22H23FN4O. The molecule has 28 heavy (non-hydrogen) atoms. The van der Waals surface area contributed by atoms with Crippen molar-refractivity contribution in [2.75, 3.05) is 13.1 Å². The summed E-state index contributed by atoms with van der Waals surface area (Å²) in [5.74, 6) is 1.11. The van der Waals surface area contributed by atoms with Crippen molar-refractivity contribution in [2.24, 2.45) is 5.92 Å². The van der Waals surface area contributed by atoms with Gasteiger partial charge in [0.05, 0.1) is 0 Å². The van der Waals surface area contributed by atoms with Gasteiger partial charge in [-0.1, -0.05) is 42.5 Å². The Bertz CT molecular complexity index is 946. The van der Waals surface area contributed by atoms with Gasteiger partial charge < -0.3 is 14.8 Å². The van der Waals surface area contributed by atoms with Gasteiger partial charge in [0, 0.05) is 49.6 Å². The number of hydrogen-bond donors (Lipinski definition) is 1. The largest absolute Gasteiger partial charge is 0.334 e. The van der Waals surface area contributed by atoms with E-state index in [2.05, 4.69) is 33.9 Å². The second-order valence-corrected chi connectivity index (χ2v) is 7.26. The molecule has 1 aliphatic rings. The van der Waals surface area contributed by atoms with Crippen molar-refractivity contribution < 1.29 is 9.18 Å². The number of benzene rings is 2. The maximum absolute atomic E-state index is 12.9. The SMILES string of the molecule is Cc1cnc(-c2ccccc2)n1CC1CN(C(=O)NCc2ccc(F)cc2)C1. The second kappa shape index (κ2) is 7.84. The minimum atomic E-state index is -0.273. The molecule has 2 heterocycles. The van der Waals surface area contributed by atoms with Gasteiger partial charge in [0.15, 0.2) is 0 Å². The molecule has 4 rings (SSSR count). The molecule has 1 saturated heterocycles. The maximum Gasteiger partial charge on any atom is 0.317 e. The second-order valence-electron chi connectivity index (χ2n) is 7.26. The third-order valence-electron chi connectivity index (χ3n) is 5.13. The molecule has 1 aromatic heterocycles. The Labute approximate surface area is 163 Å². The lowest BCUT2D eigenvalue weighted by atomic mass is 10.0. The highest BCUT2D eigenvalue weighted by Gasteiger charge is 2.31.